The second-order valence-corrected chi connectivity index (χ2v) is 10.9. The van der Waals surface area contributed by atoms with E-state index in [0.29, 0.717) is 35.2 Å². The van der Waals surface area contributed by atoms with Gasteiger partial charge in [0.05, 0.1) is 22.3 Å². The number of likely N-dealkylation sites (N-methyl/N-ethyl adjacent to an activating group) is 2. The van der Waals surface area contributed by atoms with E-state index in [1.165, 1.54) is 24.3 Å². The Hall–Kier alpha value is -2.33. The molecule has 0 radical (unpaired) electrons. The number of anilines is 1. The van der Waals surface area contributed by atoms with Gasteiger partial charge in [-0.15, -0.1) is 0 Å². The van der Waals surface area contributed by atoms with Gasteiger partial charge in [0.25, 0.3) is 15.9 Å². The van der Waals surface area contributed by atoms with E-state index in [4.69, 9.17) is 21.1 Å². The summed E-state index contributed by atoms with van der Waals surface area (Å²) in [6, 6.07) is 10.6. The van der Waals surface area contributed by atoms with E-state index in [0.717, 1.165) is 6.54 Å². The Balaban J connectivity index is 1.94. The topological polar surface area (TPSA) is 88.2 Å². The van der Waals surface area contributed by atoms with E-state index < -0.39 is 10.0 Å². The van der Waals surface area contributed by atoms with Crippen molar-refractivity contribution in [1.29, 1.82) is 0 Å². The second kappa shape index (κ2) is 10.9. The molecule has 0 spiro atoms. The summed E-state index contributed by atoms with van der Waals surface area (Å²) < 4.78 is 39.9. The maximum atomic E-state index is 13.2. The molecule has 0 aliphatic carbocycles. The summed E-state index contributed by atoms with van der Waals surface area (Å²) in [4.78, 5) is 17.1. The van der Waals surface area contributed by atoms with Gasteiger partial charge >= 0.3 is 0 Å². The molecule has 2 aromatic carbocycles. The molecular formula is C24H32ClN3O5S. The summed E-state index contributed by atoms with van der Waals surface area (Å²) in [5, 5.41) is 0.443. The average molecular weight is 510 g/mol. The van der Waals surface area contributed by atoms with Crippen LogP contribution in [0.5, 0.6) is 5.75 Å². The van der Waals surface area contributed by atoms with Crippen molar-refractivity contribution in [3.8, 4) is 5.75 Å². The van der Waals surface area contributed by atoms with Gasteiger partial charge in [-0.05, 0) is 56.3 Å². The smallest absolute Gasteiger partial charge is 0.261 e. The monoisotopic (exact) mass is 509 g/mol. The normalized spacial score (nSPS) is 22.8. The molecule has 0 unspecified atom stereocenters. The average Bonchev–Trinajstić information content (AvgIpc) is 2.79. The number of hydrogen-bond acceptors (Lipinski definition) is 6. The van der Waals surface area contributed by atoms with Crippen molar-refractivity contribution in [2.75, 3.05) is 45.6 Å². The highest BCUT2D eigenvalue weighted by Gasteiger charge is 2.27. The predicted molar refractivity (Wildman–Crippen MR) is 133 cm³/mol. The van der Waals surface area contributed by atoms with Crippen molar-refractivity contribution in [2.24, 2.45) is 5.92 Å². The summed E-state index contributed by atoms with van der Waals surface area (Å²) in [5.74, 6) is 0.296. The minimum atomic E-state index is -3.84. The predicted octanol–water partition coefficient (Wildman–Crippen LogP) is 3.58. The third-order valence-corrected chi connectivity index (χ3v) is 7.78. The Morgan fingerprint density at radius 3 is 2.41 bits per heavy atom. The lowest BCUT2D eigenvalue weighted by Crippen LogP contribution is -2.45. The number of nitrogens with zero attached hydrogens (tertiary/aromatic N) is 2. The van der Waals surface area contributed by atoms with Crippen LogP contribution in [0.4, 0.5) is 5.69 Å². The second-order valence-electron chi connectivity index (χ2n) is 8.81. The van der Waals surface area contributed by atoms with E-state index in [1.807, 2.05) is 14.0 Å². The first-order chi connectivity index (χ1) is 16.0. The molecule has 0 saturated carbocycles. The van der Waals surface area contributed by atoms with Gasteiger partial charge in [-0.25, -0.2) is 8.42 Å². The zero-order valence-corrected chi connectivity index (χ0v) is 21.7. The van der Waals surface area contributed by atoms with Crippen molar-refractivity contribution in [3.63, 3.8) is 0 Å². The Kier molecular flexibility index (Phi) is 8.46. The summed E-state index contributed by atoms with van der Waals surface area (Å²) in [5.41, 5.74) is 0.649. The van der Waals surface area contributed by atoms with Crippen molar-refractivity contribution < 1.29 is 22.7 Å². The van der Waals surface area contributed by atoms with Crippen LogP contribution in [-0.4, -0.2) is 77.2 Å². The fourth-order valence-corrected chi connectivity index (χ4v) is 5.02. The fraction of sp³-hybridized carbons (Fsp3) is 0.458. The molecule has 34 heavy (non-hydrogen) atoms. The van der Waals surface area contributed by atoms with Gasteiger partial charge in [0.2, 0.25) is 0 Å². The van der Waals surface area contributed by atoms with Gasteiger partial charge < -0.3 is 14.4 Å². The number of ether oxygens (including phenoxy) is 2. The molecule has 0 aromatic heterocycles. The van der Waals surface area contributed by atoms with E-state index >= 15 is 0 Å². The van der Waals surface area contributed by atoms with Crippen molar-refractivity contribution in [2.45, 2.75) is 30.9 Å². The van der Waals surface area contributed by atoms with Gasteiger partial charge in [-0.1, -0.05) is 18.5 Å². The van der Waals surface area contributed by atoms with Crippen LogP contribution >= 0.6 is 11.6 Å². The van der Waals surface area contributed by atoms with Crippen LogP contribution in [0, 0.1) is 5.92 Å². The molecule has 0 fully saturated rings. The fourth-order valence-electron chi connectivity index (χ4n) is 3.84. The van der Waals surface area contributed by atoms with Gasteiger partial charge in [-0.3, -0.25) is 14.4 Å². The maximum absolute atomic E-state index is 13.2. The first-order valence-corrected chi connectivity index (χ1v) is 12.9. The number of methoxy groups -OCH3 is 1. The summed E-state index contributed by atoms with van der Waals surface area (Å²) in [6.07, 6.45) is -0.127. The lowest BCUT2D eigenvalue weighted by atomic mass is 10.0. The number of benzene rings is 2. The molecular weight excluding hydrogens is 478 g/mol. The molecule has 186 valence electrons. The minimum Gasteiger partial charge on any atom is -0.491 e. The number of fused-ring (bicyclic) bond motifs is 1. The number of hydrogen-bond donors (Lipinski definition) is 1. The van der Waals surface area contributed by atoms with E-state index in [-0.39, 0.29) is 28.9 Å². The highest BCUT2D eigenvalue weighted by molar-refractivity contribution is 7.92. The van der Waals surface area contributed by atoms with Crippen LogP contribution in [0.25, 0.3) is 0 Å². The van der Waals surface area contributed by atoms with Crippen LogP contribution in [0.2, 0.25) is 5.02 Å². The number of amides is 1. The first kappa shape index (κ1) is 26.3. The Labute approximate surface area is 206 Å². The minimum absolute atomic E-state index is 0.0643. The van der Waals surface area contributed by atoms with Crippen LogP contribution in [0.3, 0.4) is 0 Å². The SMILES string of the molecule is CO[C@H]1CN(C)C(=O)c2ccc(NS(=O)(=O)c3ccc(Cl)cc3)cc2OC[C@H](C)N(C)C[C@@H]1C. The summed E-state index contributed by atoms with van der Waals surface area (Å²) in [6.45, 7) is 5.68. The zero-order valence-electron chi connectivity index (χ0n) is 20.1. The van der Waals surface area contributed by atoms with Crippen molar-refractivity contribution in [3.05, 3.63) is 53.1 Å². The van der Waals surface area contributed by atoms with Crippen LogP contribution in [0.1, 0.15) is 24.2 Å². The number of rotatable bonds is 4. The molecule has 3 atom stereocenters. The molecule has 1 N–H and O–H groups in total. The third-order valence-electron chi connectivity index (χ3n) is 6.13. The number of sulfonamides is 1. The molecule has 10 heteroatoms. The van der Waals surface area contributed by atoms with Gasteiger partial charge in [-0.2, -0.15) is 0 Å². The summed E-state index contributed by atoms with van der Waals surface area (Å²) >= 11 is 5.87. The third kappa shape index (κ3) is 6.21. The molecule has 8 nitrogen and oxygen atoms in total. The number of carbonyl (C=O) groups is 1. The molecule has 1 heterocycles. The van der Waals surface area contributed by atoms with Crippen LogP contribution < -0.4 is 9.46 Å². The molecule has 1 aliphatic rings. The van der Waals surface area contributed by atoms with Gasteiger partial charge in [0.15, 0.2) is 0 Å². The molecule has 0 bridgehead atoms. The van der Waals surface area contributed by atoms with Crippen LogP contribution in [-0.2, 0) is 14.8 Å². The largest absolute Gasteiger partial charge is 0.491 e. The lowest BCUT2D eigenvalue weighted by Gasteiger charge is -2.34. The number of nitrogens with one attached hydrogen (secondary N) is 1. The Morgan fingerprint density at radius 1 is 1.09 bits per heavy atom. The Morgan fingerprint density at radius 2 is 1.76 bits per heavy atom. The molecule has 3 rings (SSSR count). The molecule has 1 amide bonds. The van der Waals surface area contributed by atoms with Gasteiger partial charge in [0, 0.05) is 44.4 Å². The quantitative estimate of drug-likeness (QED) is 0.677. The van der Waals surface area contributed by atoms with Crippen molar-refractivity contribution in [1.82, 2.24) is 9.80 Å². The van der Waals surface area contributed by atoms with E-state index in [1.54, 1.807) is 37.3 Å². The summed E-state index contributed by atoms with van der Waals surface area (Å²) in [7, 11) is 1.56. The maximum Gasteiger partial charge on any atom is 0.261 e. The highest BCUT2D eigenvalue weighted by Crippen LogP contribution is 2.28. The van der Waals surface area contributed by atoms with E-state index in [9.17, 15) is 13.2 Å². The highest BCUT2D eigenvalue weighted by atomic mass is 35.5. The first-order valence-electron chi connectivity index (χ1n) is 11.1. The van der Waals surface area contributed by atoms with Crippen molar-refractivity contribution >= 4 is 33.2 Å². The van der Waals surface area contributed by atoms with E-state index in [2.05, 4.69) is 16.5 Å². The molecule has 2 aromatic rings. The standard InChI is InChI=1S/C24H32ClN3O5S/c1-16-13-27(3)17(2)15-33-22-12-19(26-34(30,31)20-9-6-18(25)7-10-20)8-11-21(22)24(29)28(4)14-23(16)32-5/h6-12,16-17,23,26H,13-15H2,1-5H3/t16-,17-,23-/m0/s1. The molecule has 0 saturated heterocycles. The zero-order chi connectivity index (χ0) is 25.0. The number of halogens is 1. The number of carbonyl (C=O) groups excluding carboxylic acids is 1. The lowest BCUT2D eigenvalue weighted by molar-refractivity contribution is 0.0150. The van der Waals surface area contributed by atoms with Crippen LogP contribution in [0.15, 0.2) is 47.4 Å². The van der Waals surface area contributed by atoms with Gasteiger partial charge in [0.1, 0.15) is 12.4 Å². The Bertz CT molecular complexity index is 1110. The molecule has 1 aliphatic heterocycles.